The third-order valence-corrected chi connectivity index (χ3v) is 4.20. The molecule has 0 fully saturated rings. The zero-order valence-electron chi connectivity index (χ0n) is 11.2. The zero-order valence-corrected chi connectivity index (χ0v) is 13.6. The van der Waals surface area contributed by atoms with Crippen molar-refractivity contribution in [2.24, 2.45) is 0 Å². The summed E-state index contributed by atoms with van der Waals surface area (Å²) in [6.07, 6.45) is 1.91. The van der Waals surface area contributed by atoms with Crippen molar-refractivity contribution in [1.29, 1.82) is 0 Å². The molecule has 0 bridgehead atoms. The molecule has 1 aromatic carbocycles. The Morgan fingerprint density at radius 3 is 2.53 bits per heavy atom. The minimum atomic E-state index is -3.30. The number of benzene rings is 1. The summed E-state index contributed by atoms with van der Waals surface area (Å²) >= 11 is 3.34. The summed E-state index contributed by atoms with van der Waals surface area (Å²) in [6.45, 7) is 3.85. The highest BCUT2D eigenvalue weighted by molar-refractivity contribution is 9.09. The van der Waals surface area contributed by atoms with Crippen molar-refractivity contribution >= 4 is 31.7 Å². The molecule has 106 valence electrons. The van der Waals surface area contributed by atoms with E-state index >= 15 is 0 Å². The predicted octanol–water partition coefficient (Wildman–Crippen LogP) is 2.38. The molecule has 0 aromatic heterocycles. The van der Waals surface area contributed by atoms with Crippen LogP contribution in [0, 0.1) is 0 Å². The van der Waals surface area contributed by atoms with Gasteiger partial charge in [0.2, 0.25) is 0 Å². The van der Waals surface area contributed by atoms with Gasteiger partial charge in [-0.15, -0.1) is 0 Å². The SMILES string of the molecule is CC(C)(CCBr)NC(=O)c1cccc(S(C)(=O)=O)c1. The van der Waals surface area contributed by atoms with E-state index in [0.29, 0.717) is 5.56 Å². The molecule has 0 saturated heterocycles. The second-order valence-electron chi connectivity index (χ2n) is 5.08. The predicted molar refractivity (Wildman–Crippen MR) is 79.5 cm³/mol. The first-order valence-corrected chi connectivity index (χ1v) is 8.85. The van der Waals surface area contributed by atoms with Gasteiger partial charge in [0.15, 0.2) is 9.84 Å². The molecule has 0 aliphatic heterocycles. The zero-order chi connectivity index (χ0) is 14.7. The molecule has 19 heavy (non-hydrogen) atoms. The van der Waals surface area contributed by atoms with Gasteiger partial charge in [0.25, 0.3) is 5.91 Å². The first-order chi connectivity index (χ1) is 8.65. The van der Waals surface area contributed by atoms with Crippen molar-refractivity contribution in [3.63, 3.8) is 0 Å². The van der Waals surface area contributed by atoms with Crippen molar-refractivity contribution in [2.75, 3.05) is 11.6 Å². The molecule has 0 radical (unpaired) electrons. The van der Waals surface area contributed by atoms with Crippen LogP contribution in [0.4, 0.5) is 0 Å². The maximum Gasteiger partial charge on any atom is 0.251 e. The van der Waals surface area contributed by atoms with E-state index in [4.69, 9.17) is 0 Å². The van der Waals surface area contributed by atoms with E-state index in [1.807, 2.05) is 13.8 Å². The highest BCUT2D eigenvalue weighted by atomic mass is 79.9. The van der Waals surface area contributed by atoms with Crippen molar-refractivity contribution < 1.29 is 13.2 Å². The topological polar surface area (TPSA) is 63.2 Å². The molecule has 0 aliphatic rings. The molecule has 0 spiro atoms. The molecular weight excluding hydrogens is 330 g/mol. The highest BCUT2D eigenvalue weighted by Crippen LogP contribution is 2.14. The standard InChI is InChI=1S/C13H18BrNO3S/c1-13(2,7-8-14)15-12(16)10-5-4-6-11(9-10)19(3,17)18/h4-6,9H,7-8H2,1-3H3,(H,15,16). The highest BCUT2D eigenvalue weighted by Gasteiger charge is 2.21. The average molecular weight is 348 g/mol. The number of hydrogen-bond donors (Lipinski definition) is 1. The lowest BCUT2D eigenvalue weighted by Gasteiger charge is -2.25. The monoisotopic (exact) mass is 347 g/mol. The Kier molecular flexibility index (Phi) is 5.15. The molecular formula is C13H18BrNO3S. The number of rotatable bonds is 5. The van der Waals surface area contributed by atoms with Crippen LogP contribution in [0.5, 0.6) is 0 Å². The van der Waals surface area contributed by atoms with Gasteiger partial charge in [0.05, 0.1) is 4.90 Å². The van der Waals surface area contributed by atoms with Crippen LogP contribution in [0.25, 0.3) is 0 Å². The molecule has 0 aliphatic carbocycles. The van der Waals surface area contributed by atoms with Gasteiger partial charge in [-0.05, 0) is 38.5 Å². The minimum Gasteiger partial charge on any atom is -0.347 e. The van der Waals surface area contributed by atoms with Gasteiger partial charge in [-0.1, -0.05) is 22.0 Å². The van der Waals surface area contributed by atoms with Crippen LogP contribution < -0.4 is 5.32 Å². The largest absolute Gasteiger partial charge is 0.347 e. The van der Waals surface area contributed by atoms with E-state index in [0.717, 1.165) is 18.0 Å². The summed E-state index contributed by atoms with van der Waals surface area (Å²) < 4.78 is 22.9. The van der Waals surface area contributed by atoms with E-state index in [2.05, 4.69) is 21.2 Å². The third kappa shape index (κ3) is 4.95. The molecule has 1 aromatic rings. The fourth-order valence-corrected chi connectivity index (χ4v) is 3.20. The Morgan fingerprint density at radius 2 is 2.00 bits per heavy atom. The number of nitrogens with one attached hydrogen (secondary N) is 1. The van der Waals surface area contributed by atoms with Crippen LogP contribution in [-0.4, -0.2) is 31.4 Å². The van der Waals surface area contributed by atoms with Crippen LogP contribution in [0.1, 0.15) is 30.6 Å². The summed E-state index contributed by atoms with van der Waals surface area (Å²) in [5.41, 5.74) is 0.00682. The molecule has 6 heteroatoms. The van der Waals surface area contributed by atoms with Crippen LogP contribution in [0.2, 0.25) is 0 Å². The van der Waals surface area contributed by atoms with Crippen LogP contribution in [-0.2, 0) is 9.84 Å². The number of amides is 1. The minimum absolute atomic E-state index is 0.151. The van der Waals surface area contributed by atoms with Gasteiger partial charge in [-0.2, -0.15) is 0 Å². The second-order valence-corrected chi connectivity index (χ2v) is 7.89. The fraction of sp³-hybridized carbons (Fsp3) is 0.462. The molecule has 1 rings (SSSR count). The lowest BCUT2D eigenvalue weighted by molar-refractivity contribution is 0.0911. The van der Waals surface area contributed by atoms with Gasteiger partial charge in [0.1, 0.15) is 0 Å². The molecule has 0 atom stereocenters. The van der Waals surface area contributed by atoms with Gasteiger partial charge < -0.3 is 5.32 Å². The van der Waals surface area contributed by atoms with Crippen molar-refractivity contribution in [3.05, 3.63) is 29.8 Å². The Hall–Kier alpha value is -0.880. The van der Waals surface area contributed by atoms with Crippen LogP contribution in [0.3, 0.4) is 0 Å². The summed E-state index contributed by atoms with van der Waals surface area (Å²) in [7, 11) is -3.30. The van der Waals surface area contributed by atoms with Gasteiger partial charge >= 0.3 is 0 Å². The molecule has 0 unspecified atom stereocenters. The fourth-order valence-electron chi connectivity index (χ4n) is 1.55. The smallest absolute Gasteiger partial charge is 0.251 e. The Balaban J connectivity index is 2.96. The lowest BCUT2D eigenvalue weighted by Crippen LogP contribution is -2.43. The molecule has 1 N–H and O–H groups in total. The average Bonchev–Trinajstić information content (AvgIpc) is 2.27. The van der Waals surface area contributed by atoms with E-state index in [1.54, 1.807) is 12.1 Å². The van der Waals surface area contributed by atoms with E-state index in [1.165, 1.54) is 12.1 Å². The molecule has 1 amide bonds. The number of halogens is 1. The number of sulfone groups is 1. The van der Waals surface area contributed by atoms with Crippen molar-refractivity contribution in [3.8, 4) is 0 Å². The van der Waals surface area contributed by atoms with E-state index in [-0.39, 0.29) is 16.3 Å². The maximum atomic E-state index is 12.1. The first kappa shape index (κ1) is 16.2. The third-order valence-electron chi connectivity index (χ3n) is 2.70. The van der Waals surface area contributed by atoms with Crippen LogP contribution in [0.15, 0.2) is 29.2 Å². The molecule has 0 heterocycles. The van der Waals surface area contributed by atoms with E-state index in [9.17, 15) is 13.2 Å². The molecule has 0 saturated carbocycles. The Morgan fingerprint density at radius 1 is 1.37 bits per heavy atom. The van der Waals surface area contributed by atoms with Gasteiger partial charge in [-0.3, -0.25) is 4.79 Å². The number of carbonyl (C=O) groups is 1. The number of alkyl halides is 1. The summed E-state index contributed by atoms with van der Waals surface area (Å²) in [5, 5.41) is 3.67. The van der Waals surface area contributed by atoms with E-state index < -0.39 is 9.84 Å². The first-order valence-electron chi connectivity index (χ1n) is 5.84. The Bertz CT molecular complexity index is 567. The number of hydrogen-bond acceptors (Lipinski definition) is 3. The van der Waals surface area contributed by atoms with Crippen LogP contribution >= 0.6 is 15.9 Å². The Labute approximate surface area is 122 Å². The van der Waals surface area contributed by atoms with Gasteiger partial charge in [-0.25, -0.2) is 8.42 Å². The summed E-state index contributed by atoms with van der Waals surface area (Å²) in [4.78, 5) is 12.2. The molecule has 4 nitrogen and oxygen atoms in total. The lowest BCUT2D eigenvalue weighted by atomic mass is 10.0. The van der Waals surface area contributed by atoms with Crippen molar-refractivity contribution in [2.45, 2.75) is 30.7 Å². The quantitative estimate of drug-likeness (QED) is 0.831. The second kappa shape index (κ2) is 6.05. The summed E-state index contributed by atoms with van der Waals surface area (Å²) in [6, 6.07) is 6.06. The van der Waals surface area contributed by atoms with Gasteiger partial charge in [0, 0.05) is 22.7 Å². The maximum absolute atomic E-state index is 12.1. The summed E-state index contributed by atoms with van der Waals surface area (Å²) in [5.74, 6) is -0.267. The van der Waals surface area contributed by atoms with Crippen molar-refractivity contribution in [1.82, 2.24) is 5.32 Å². The normalized spacial score (nSPS) is 12.2. The number of carbonyl (C=O) groups excluding carboxylic acids is 1.